The molecule has 0 aromatic heterocycles. The Kier molecular flexibility index (Phi) is 5.50. The van der Waals surface area contributed by atoms with Crippen molar-refractivity contribution >= 4 is 0 Å². The molecule has 0 spiro atoms. The van der Waals surface area contributed by atoms with Crippen LogP contribution in [0.15, 0.2) is 18.2 Å². The molecule has 1 aromatic carbocycles. The van der Waals surface area contributed by atoms with Crippen LogP contribution in [-0.2, 0) is 0 Å². The highest BCUT2D eigenvalue weighted by Gasteiger charge is 2.20. The van der Waals surface area contributed by atoms with Crippen molar-refractivity contribution in [1.82, 2.24) is 0 Å². The summed E-state index contributed by atoms with van der Waals surface area (Å²) in [6.45, 7) is 2.03. The lowest BCUT2D eigenvalue weighted by Crippen LogP contribution is -2.43. The fraction of sp³-hybridized carbons (Fsp3) is 0.538. The van der Waals surface area contributed by atoms with Crippen molar-refractivity contribution in [2.24, 2.45) is 5.73 Å². The molecule has 0 heterocycles. The summed E-state index contributed by atoms with van der Waals surface area (Å²) in [6, 6.07) is 3.80. The van der Waals surface area contributed by atoms with Gasteiger partial charge >= 0.3 is 0 Å². The molecule has 0 fully saturated rings. The van der Waals surface area contributed by atoms with Gasteiger partial charge in [0.05, 0.1) is 13.2 Å². The number of halogens is 2. The summed E-state index contributed by atoms with van der Waals surface area (Å²) in [6.07, 6.45) is 1.79. The van der Waals surface area contributed by atoms with E-state index in [-0.39, 0.29) is 19.0 Å². The minimum absolute atomic E-state index is 0.0990. The van der Waals surface area contributed by atoms with Gasteiger partial charge in [-0.25, -0.2) is 4.39 Å². The van der Waals surface area contributed by atoms with Gasteiger partial charge in [0.2, 0.25) is 5.82 Å². The summed E-state index contributed by atoms with van der Waals surface area (Å²) < 4.78 is 31.3. The molecule has 1 atom stereocenters. The van der Waals surface area contributed by atoms with Gasteiger partial charge in [0.1, 0.15) is 0 Å². The SMILES string of the molecule is CCC(N)(CO)CCCOc1cccc(F)c1F. The molecule has 0 aliphatic rings. The largest absolute Gasteiger partial charge is 0.490 e. The minimum atomic E-state index is -0.978. The Hall–Kier alpha value is -1.20. The first kappa shape index (κ1) is 14.9. The third-order valence-corrected chi connectivity index (χ3v) is 3.01. The Morgan fingerprint density at radius 2 is 2.11 bits per heavy atom. The zero-order valence-electron chi connectivity index (χ0n) is 10.5. The van der Waals surface area contributed by atoms with E-state index in [2.05, 4.69) is 0 Å². The summed E-state index contributed by atoms with van der Waals surface area (Å²) in [7, 11) is 0. The first-order chi connectivity index (χ1) is 8.52. The number of hydrogen-bond donors (Lipinski definition) is 2. The van der Waals surface area contributed by atoms with Gasteiger partial charge in [0, 0.05) is 5.54 Å². The molecule has 0 aliphatic carbocycles. The van der Waals surface area contributed by atoms with Gasteiger partial charge in [0.15, 0.2) is 11.6 Å². The van der Waals surface area contributed by atoms with Crippen LogP contribution < -0.4 is 10.5 Å². The van der Waals surface area contributed by atoms with Crippen LogP contribution in [0.25, 0.3) is 0 Å². The van der Waals surface area contributed by atoms with Crippen molar-refractivity contribution in [2.75, 3.05) is 13.2 Å². The Morgan fingerprint density at radius 3 is 2.72 bits per heavy atom. The molecule has 18 heavy (non-hydrogen) atoms. The highest BCUT2D eigenvalue weighted by Crippen LogP contribution is 2.20. The zero-order valence-corrected chi connectivity index (χ0v) is 10.5. The molecular weight excluding hydrogens is 240 g/mol. The summed E-state index contributed by atoms with van der Waals surface area (Å²) in [5.74, 6) is -2.00. The van der Waals surface area contributed by atoms with Crippen LogP contribution in [0.2, 0.25) is 0 Å². The van der Waals surface area contributed by atoms with E-state index < -0.39 is 17.2 Å². The van der Waals surface area contributed by atoms with E-state index >= 15 is 0 Å². The van der Waals surface area contributed by atoms with Gasteiger partial charge in [0.25, 0.3) is 0 Å². The van der Waals surface area contributed by atoms with Gasteiger partial charge in [-0.3, -0.25) is 0 Å². The highest BCUT2D eigenvalue weighted by atomic mass is 19.2. The Bertz CT molecular complexity index is 381. The number of benzene rings is 1. The topological polar surface area (TPSA) is 55.5 Å². The molecule has 3 nitrogen and oxygen atoms in total. The number of ether oxygens (including phenoxy) is 1. The summed E-state index contributed by atoms with van der Waals surface area (Å²) in [4.78, 5) is 0. The molecular formula is C13H19F2NO2. The van der Waals surface area contributed by atoms with E-state index in [9.17, 15) is 8.78 Å². The van der Waals surface area contributed by atoms with E-state index in [4.69, 9.17) is 15.6 Å². The van der Waals surface area contributed by atoms with Crippen molar-refractivity contribution in [1.29, 1.82) is 0 Å². The van der Waals surface area contributed by atoms with Crippen LogP contribution in [0, 0.1) is 11.6 Å². The maximum Gasteiger partial charge on any atom is 0.200 e. The molecule has 5 heteroatoms. The lowest BCUT2D eigenvalue weighted by atomic mass is 9.93. The maximum atomic E-state index is 13.2. The van der Waals surface area contributed by atoms with Gasteiger partial charge in [-0.15, -0.1) is 0 Å². The molecule has 3 N–H and O–H groups in total. The van der Waals surface area contributed by atoms with Crippen molar-refractivity contribution in [2.45, 2.75) is 31.7 Å². The van der Waals surface area contributed by atoms with Crippen LogP contribution in [0.1, 0.15) is 26.2 Å². The number of aliphatic hydroxyl groups excluding tert-OH is 1. The molecule has 1 aromatic rings. The van der Waals surface area contributed by atoms with E-state index in [0.29, 0.717) is 19.3 Å². The first-order valence-corrected chi connectivity index (χ1v) is 5.99. The fourth-order valence-corrected chi connectivity index (χ4v) is 1.57. The van der Waals surface area contributed by atoms with Crippen molar-refractivity contribution < 1.29 is 18.6 Å². The average molecular weight is 259 g/mol. The van der Waals surface area contributed by atoms with Crippen LogP contribution >= 0.6 is 0 Å². The number of aliphatic hydroxyl groups is 1. The van der Waals surface area contributed by atoms with E-state index in [1.54, 1.807) is 0 Å². The summed E-state index contributed by atoms with van der Waals surface area (Å²) >= 11 is 0. The lowest BCUT2D eigenvalue weighted by Gasteiger charge is -2.25. The molecule has 102 valence electrons. The Balaban J connectivity index is 2.41. The second-order valence-electron chi connectivity index (χ2n) is 4.38. The third kappa shape index (κ3) is 3.92. The number of rotatable bonds is 7. The predicted octanol–water partition coefficient (Wildman–Crippen LogP) is 2.22. The molecule has 0 radical (unpaired) electrons. The van der Waals surface area contributed by atoms with Gasteiger partial charge in [-0.05, 0) is 31.4 Å². The molecule has 1 rings (SSSR count). The van der Waals surface area contributed by atoms with Crippen LogP contribution in [0.3, 0.4) is 0 Å². The molecule has 0 amide bonds. The highest BCUT2D eigenvalue weighted by molar-refractivity contribution is 5.24. The van der Waals surface area contributed by atoms with Crippen LogP contribution in [0.4, 0.5) is 8.78 Å². The first-order valence-electron chi connectivity index (χ1n) is 5.99. The quantitative estimate of drug-likeness (QED) is 0.738. The van der Waals surface area contributed by atoms with Crippen LogP contribution in [0.5, 0.6) is 5.75 Å². The van der Waals surface area contributed by atoms with Crippen molar-refractivity contribution in [3.63, 3.8) is 0 Å². The summed E-state index contributed by atoms with van der Waals surface area (Å²) in [5, 5.41) is 9.11. The predicted molar refractivity (Wildman–Crippen MR) is 65.4 cm³/mol. The second-order valence-corrected chi connectivity index (χ2v) is 4.38. The normalized spacial score (nSPS) is 14.3. The molecule has 0 aliphatic heterocycles. The van der Waals surface area contributed by atoms with Gasteiger partial charge in [-0.1, -0.05) is 13.0 Å². The number of hydrogen-bond acceptors (Lipinski definition) is 3. The monoisotopic (exact) mass is 259 g/mol. The Morgan fingerprint density at radius 1 is 1.39 bits per heavy atom. The number of nitrogens with two attached hydrogens (primary N) is 1. The van der Waals surface area contributed by atoms with E-state index in [1.807, 2.05) is 6.92 Å². The molecule has 0 bridgehead atoms. The second kappa shape index (κ2) is 6.66. The van der Waals surface area contributed by atoms with Crippen LogP contribution in [-0.4, -0.2) is 23.9 Å². The van der Waals surface area contributed by atoms with E-state index in [1.165, 1.54) is 12.1 Å². The average Bonchev–Trinajstić information content (AvgIpc) is 2.39. The standard InChI is InChI=1S/C13H19F2NO2/c1-2-13(16,9-17)7-4-8-18-11-6-3-5-10(14)12(11)15/h3,5-6,17H,2,4,7-9,16H2,1H3. The zero-order chi connectivity index (χ0) is 13.6. The maximum absolute atomic E-state index is 13.2. The smallest absolute Gasteiger partial charge is 0.200 e. The minimum Gasteiger partial charge on any atom is -0.490 e. The Labute approximate surface area is 106 Å². The van der Waals surface area contributed by atoms with Crippen molar-refractivity contribution in [3.8, 4) is 5.75 Å². The van der Waals surface area contributed by atoms with Gasteiger partial charge < -0.3 is 15.6 Å². The molecule has 0 saturated carbocycles. The fourth-order valence-electron chi connectivity index (χ4n) is 1.57. The molecule has 0 saturated heterocycles. The summed E-state index contributed by atoms with van der Waals surface area (Å²) in [5.41, 5.74) is 5.27. The van der Waals surface area contributed by atoms with Crippen molar-refractivity contribution in [3.05, 3.63) is 29.8 Å². The third-order valence-electron chi connectivity index (χ3n) is 3.01. The molecule has 1 unspecified atom stereocenters. The lowest BCUT2D eigenvalue weighted by molar-refractivity contribution is 0.170. The van der Waals surface area contributed by atoms with E-state index in [0.717, 1.165) is 6.07 Å². The van der Waals surface area contributed by atoms with Gasteiger partial charge in [-0.2, -0.15) is 4.39 Å².